The average Bonchev–Trinajstić information content (AvgIpc) is 2.89. The number of ether oxygens (including phenoxy) is 1. The third-order valence-corrected chi connectivity index (χ3v) is 3.62. The van der Waals surface area contributed by atoms with Gasteiger partial charge < -0.3 is 15.6 Å². The zero-order chi connectivity index (χ0) is 18.8. The Bertz CT molecular complexity index is 694. The highest BCUT2D eigenvalue weighted by Gasteiger charge is 2.14. The van der Waals surface area contributed by atoms with Crippen LogP contribution < -0.4 is 5.73 Å². The highest BCUT2D eigenvalue weighted by atomic mass is 16.5. The summed E-state index contributed by atoms with van der Waals surface area (Å²) < 4.78 is 4.76. The van der Waals surface area contributed by atoms with Crippen LogP contribution in [-0.2, 0) is 9.53 Å². The predicted octanol–water partition coefficient (Wildman–Crippen LogP) is 4.23. The number of allylic oxidation sites excluding steroid dienone is 3. The molecule has 0 bridgehead atoms. The second kappa shape index (κ2) is 10.3. The molecule has 4 heteroatoms. The van der Waals surface area contributed by atoms with Crippen LogP contribution in [0.5, 0.6) is 0 Å². The smallest absolute Gasteiger partial charge is 0.334 e. The molecule has 2 rings (SSSR count). The van der Waals surface area contributed by atoms with Crippen LogP contribution in [-0.4, -0.2) is 24.2 Å². The van der Waals surface area contributed by atoms with Crippen LogP contribution in [0.25, 0.3) is 5.76 Å². The molecule has 1 unspecified atom stereocenters. The minimum Gasteiger partial charge on any atom is -0.508 e. The number of methoxy groups -OCH3 is 1. The second-order valence-corrected chi connectivity index (χ2v) is 5.40. The molecule has 3 N–H and O–H groups in total. The Balaban J connectivity index is 0.00000151. The van der Waals surface area contributed by atoms with E-state index in [0.717, 1.165) is 11.1 Å². The zero-order valence-corrected chi connectivity index (χ0v) is 15.3. The van der Waals surface area contributed by atoms with Gasteiger partial charge in [-0.15, -0.1) is 0 Å². The number of esters is 1. The number of nitrogens with two attached hydrogens (primary N) is 1. The fourth-order valence-electron chi connectivity index (χ4n) is 2.25. The van der Waals surface area contributed by atoms with Crippen molar-refractivity contribution < 1.29 is 14.6 Å². The highest BCUT2D eigenvalue weighted by Crippen LogP contribution is 2.19. The summed E-state index contributed by atoms with van der Waals surface area (Å²) in [5.74, 6) is -0.263. The predicted molar refractivity (Wildman–Crippen MR) is 103 cm³/mol. The normalized spacial score (nSPS) is 15.2. The summed E-state index contributed by atoms with van der Waals surface area (Å²) in [6.45, 7) is 5.98. The van der Waals surface area contributed by atoms with E-state index in [4.69, 9.17) is 10.5 Å². The lowest BCUT2D eigenvalue weighted by atomic mass is 10.0. The lowest BCUT2D eigenvalue weighted by molar-refractivity contribution is -0.136. The Labute approximate surface area is 150 Å². The number of rotatable bonds is 4. The van der Waals surface area contributed by atoms with Gasteiger partial charge in [-0.3, -0.25) is 0 Å². The first-order valence-electron chi connectivity index (χ1n) is 8.40. The van der Waals surface area contributed by atoms with Crippen LogP contribution in [0.2, 0.25) is 0 Å². The van der Waals surface area contributed by atoms with E-state index in [2.05, 4.69) is 0 Å². The first-order chi connectivity index (χ1) is 12.0. The number of benzene rings is 1. The quantitative estimate of drug-likeness (QED) is 0.635. The number of aliphatic hydroxyl groups is 1. The van der Waals surface area contributed by atoms with E-state index >= 15 is 0 Å². The molecule has 0 amide bonds. The van der Waals surface area contributed by atoms with Gasteiger partial charge in [0.1, 0.15) is 5.76 Å². The van der Waals surface area contributed by atoms with Gasteiger partial charge in [-0.1, -0.05) is 61.9 Å². The summed E-state index contributed by atoms with van der Waals surface area (Å²) in [5, 5.41) is 10.2. The molecule has 0 saturated carbocycles. The molecule has 4 nitrogen and oxygen atoms in total. The molecule has 0 fully saturated rings. The molecule has 25 heavy (non-hydrogen) atoms. The highest BCUT2D eigenvalue weighted by molar-refractivity contribution is 5.89. The Kier molecular flexibility index (Phi) is 8.44. The van der Waals surface area contributed by atoms with E-state index in [1.165, 1.54) is 7.11 Å². The average molecular weight is 341 g/mol. The van der Waals surface area contributed by atoms with Crippen LogP contribution in [0.1, 0.15) is 31.4 Å². The number of carbonyl (C=O) groups excluding carboxylic acids is 1. The number of aliphatic hydroxyl groups excluding tert-OH is 1. The van der Waals surface area contributed by atoms with Gasteiger partial charge >= 0.3 is 5.97 Å². The van der Waals surface area contributed by atoms with Crippen LogP contribution in [0, 0.1) is 6.92 Å². The molecule has 0 radical (unpaired) electrons. The lowest BCUT2D eigenvalue weighted by Gasteiger charge is -2.11. The van der Waals surface area contributed by atoms with Crippen molar-refractivity contribution in [3.8, 4) is 0 Å². The summed E-state index contributed by atoms with van der Waals surface area (Å²) in [6.07, 6.45) is 9.33. The number of aryl methyl sites for hydroxylation is 1. The molecule has 0 saturated heterocycles. The summed E-state index contributed by atoms with van der Waals surface area (Å²) in [4.78, 5) is 11.7. The van der Waals surface area contributed by atoms with Crippen molar-refractivity contribution in [1.82, 2.24) is 0 Å². The van der Waals surface area contributed by atoms with E-state index in [1.807, 2.05) is 63.3 Å². The topological polar surface area (TPSA) is 72.5 Å². The first-order valence-corrected chi connectivity index (χ1v) is 8.40. The maximum atomic E-state index is 11.7. The van der Waals surface area contributed by atoms with Gasteiger partial charge in [-0.2, -0.15) is 0 Å². The first kappa shape index (κ1) is 20.5. The van der Waals surface area contributed by atoms with Crippen molar-refractivity contribution in [2.24, 2.45) is 5.73 Å². The molecule has 0 aromatic heterocycles. The lowest BCUT2D eigenvalue weighted by Crippen LogP contribution is -2.20. The molecule has 0 spiro atoms. The molecular formula is C21H27NO3. The van der Waals surface area contributed by atoms with Gasteiger partial charge in [0.25, 0.3) is 0 Å². The third kappa shape index (κ3) is 6.08. The Hall–Kier alpha value is -2.59. The van der Waals surface area contributed by atoms with Crippen molar-refractivity contribution in [3.05, 3.63) is 76.9 Å². The maximum Gasteiger partial charge on any atom is 0.334 e. The molecule has 1 aromatic rings. The fraction of sp³-hybridized carbons (Fsp3) is 0.286. The molecule has 134 valence electrons. The van der Waals surface area contributed by atoms with E-state index in [1.54, 1.807) is 12.2 Å². The largest absolute Gasteiger partial charge is 0.508 e. The number of hydrogen-bond acceptors (Lipinski definition) is 4. The van der Waals surface area contributed by atoms with Crippen LogP contribution >= 0.6 is 0 Å². The van der Waals surface area contributed by atoms with Gasteiger partial charge in [0.2, 0.25) is 0 Å². The summed E-state index contributed by atoms with van der Waals surface area (Å²) in [7, 11) is 1.35. The summed E-state index contributed by atoms with van der Waals surface area (Å²) in [6, 6.07) is 7.00. The van der Waals surface area contributed by atoms with E-state index in [0.29, 0.717) is 17.6 Å². The van der Waals surface area contributed by atoms with Crippen molar-refractivity contribution in [2.45, 2.75) is 33.2 Å². The Morgan fingerprint density at radius 2 is 1.92 bits per heavy atom. The van der Waals surface area contributed by atoms with Gasteiger partial charge in [0, 0.05) is 11.1 Å². The summed E-state index contributed by atoms with van der Waals surface area (Å²) >= 11 is 0. The molecule has 1 aliphatic carbocycles. The molecule has 1 aliphatic rings. The van der Waals surface area contributed by atoms with Crippen molar-refractivity contribution in [2.75, 3.05) is 7.11 Å². The number of carbonyl (C=O) groups is 1. The molecule has 1 aromatic carbocycles. The van der Waals surface area contributed by atoms with Gasteiger partial charge in [0.05, 0.1) is 13.2 Å². The van der Waals surface area contributed by atoms with Gasteiger partial charge in [-0.05, 0) is 31.1 Å². The van der Waals surface area contributed by atoms with Crippen molar-refractivity contribution in [3.63, 3.8) is 0 Å². The fourth-order valence-corrected chi connectivity index (χ4v) is 2.25. The van der Waals surface area contributed by atoms with Crippen molar-refractivity contribution in [1.29, 1.82) is 0 Å². The molecule has 0 aliphatic heterocycles. The van der Waals surface area contributed by atoms with Crippen LogP contribution in [0.3, 0.4) is 0 Å². The van der Waals surface area contributed by atoms with Crippen LogP contribution in [0.4, 0.5) is 0 Å². The monoisotopic (exact) mass is 341 g/mol. The maximum absolute atomic E-state index is 11.7. The molecule has 0 heterocycles. The van der Waals surface area contributed by atoms with E-state index in [-0.39, 0.29) is 11.7 Å². The van der Waals surface area contributed by atoms with E-state index < -0.39 is 6.04 Å². The SMILES string of the molecule is CC.COC(=O)C1=CC(C(N)/C=C(\O)c2ccc(C)cc2)=CC=CC1. The second-order valence-electron chi connectivity index (χ2n) is 5.40. The minimum absolute atomic E-state index is 0.111. The minimum atomic E-state index is -0.529. The standard InChI is InChI=1S/C19H21NO3.C2H6/c1-13-7-9-14(10-8-13)18(21)12-17(20)15-5-3-4-6-16(11-15)19(22)23-2;1-2/h3-5,7-12,17,21H,6,20H2,1-2H3;1-2H3/b18-12-;. The third-order valence-electron chi connectivity index (χ3n) is 3.62. The summed E-state index contributed by atoms with van der Waals surface area (Å²) in [5.41, 5.74) is 9.24. The molecule has 1 atom stereocenters. The zero-order valence-electron chi connectivity index (χ0n) is 15.3. The number of hydrogen-bond donors (Lipinski definition) is 2. The molecular weight excluding hydrogens is 314 g/mol. The van der Waals surface area contributed by atoms with Crippen LogP contribution in [0.15, 0.2) is 65.8 Å². The van der Waals surface area contributed by atoms with E-state index in [9.17, 15) is 9.90 Å². The Morgan fingerprint density at radius 1 is 1.28 bits per heavy atom. The Morgan fingerprint density at radius 3 is 2.52 bits per heavy atom. The van der Waals surface area contributed by atoms with Crippen molar-refractivity contribution >= 4 is 11.7 Å². The van der Waals surface area contributed by atoms with Gasteiger partial charge in [0.15, 0.2) is 0 Å². The van der Waals surface area contributed by atoms with Gasteiger partial charge in [-0.25, -0.2) is 4.79 Å².